The summed E-state index contributed by atoms with van der Waals surface area (Å²) >= 11 is 0. The molecule has 2 aromatic heterocycles. The van der Waals surface area contributed by atoms with Gasteiger partial charge in [-0.25, -0.2) is 0 Å². The lowest BCUT2D eigenvalue weighted by atomic mass is 10.2. The topological polar surface area (TPSA) is 51.8 Å². The number of pyridine rings is 1. The van der Waals surface area contributed by atoms with Crippen LogP contribution in [0.3, 0.4) is 0 Å². The maximum absolute atomic E-state index is 4.93. The first-order valence-electron chi connectivity index (χ1n) is 3.33. The maximum atomic E-state index is 4.93. The molecule has 0 aliphatic carbocycles. The largest absolute Gasteiger partial charge is 0.336 e. The molecule has 0 saturated carbocycles. The molecule has 0 radical (unpaired) electrons. The first kappa shape index (κ1) is 6.27. The van der Waals surface area contributed by atoms with E-state index in [-0.39, 0.29) is 0 Å². The van der Waals surface area contributed by atoms with Crippen molar-refractivity contribution in [1.29, 1.82) is 0 Å². The van der Waals surface area contributed by atoms with Gasteiger partial charge in [0.25, 0.3) is 0 Å². The van der Waals surface area contributed by atoms with Crippen molar-refractivity contribution < 1.29 is 4.52 Å². The molecule has 0 amide bonds. The first-order chi connectivity index (χ1) is 5.29. The van der Waals surface area contributed by atoms with Crippen molar-refractivity contribution in [3.8, 4) is 0 Å². The fourth-order valence-corrected chi connectivity index (χ4v) is 1.000. The lowest BCUT2D eigenvalue weighted by molar-refractivity contribution is 0.423. The van der Waals surface area contributed by atoms with Crippen LogP contribution in [0, 0.1) is 13.8 Å². The van der Waals surface area contributed by atoms with E-state index in [1.807, 2.05) is 13.8 Å². The highest BCUT2D eigenvalue weighted by molar-refractivity contribution is 5.76. The summed E-state index contributed by atoms with van der Waals surface area (Å²) in [5.74, 6) is 0. The molecule has 2 heterocycles. The summed E-state index contributed by atoms with van der Waals surface area (Å²) in [6.45, 7) is 3.80. The number of hydrogen-bond donors (Lipinski definition) is 0. The summed E-state index contributed by atoms with van der Waals surface area (Å²) in [5.41, 5.74) is 3.31. The van der Waals surface area contributed by atoms with E-state index in [1.54, 1.807) is 6.20 Å². The van der Waals surface area contributed by atoms with Gasteiger partial charge in [0, 0.05) is 17.0 Å². The second-order valence-electron chi connectivity index (χ2n) is 2.48. The van der Waals surface area contributed by atoms with Gasteiger partial charge in [0.15, 0.2) is 11.1 Å². The molecular formula is C7H7N3O. The summed E-state index contributed by atoms with van der Waals surface area (Å²) in [6, 6.07) is 0. The predicted molar refractivity (Wildman–Crippen MR) is 39.1 cm³/mol. The number of aromatic nitrogens is 3. The predicted octanol–water partition coefficient (Wildman–Crippen LogP) is 1.23. The van der Waals surface area contributed by atoms with E-state index < -0.39 is 0 Å². The minimum Gasteiger partial charge on any atom is -0.336 e. The van der Waals surface area contributed by atoms with Crippen LogP contribution in [0.4, 0.5) is 0 Å². The van der Waals surface area contributed by atoms with Crippen molar-refractivity contribution >= 4 is 11.1 Å². The third kappa shape index (κ3) is 0.790. The van der Waals surface area contributed by atoms with Gasteiger partial charge in [-0.15, -0.1) is 5.10 Å². The summed E-state index contributed by atoms with van der Waals surface area (Å²) in [4.78, 5) is 4.12. The number of fused-ring (bicyclic) bond motifs is 1. The molecule has 11 heavy (non-hydrogen) atoms. The van der Waals surface area contributed by atoms with Crippen LogP contribution in [0.5, 0.6) is 0 Å². The molecule has 4 heteroatoms. The van der Waals surface area contributed by atoms with Gasteiger partial charge in [0.1, 0.15) is 0 Å². The number of nitrogens with zero attached hydrogens (tertiary/aromatic N) is 3. The van der Waals surface area contributed by atoms with Crippen molar-refractivity contribution in [2.75, 3.05) is 0 Å². The van der Waals surface area contributed by atoms with Crippen molar-refractivity contribution in [2.45, 2.75) is 13.8 Å². The van der Waals surface area contributed by atoms with Crippen LogP contribution in [0.15, 0.2) is 10.7 Å². The van der Waals surface area contributed by atoms with Crippen molar-refractivity contribution in [3.63, 3.8) is 0 Å². The molecule has 4 nitrogen and oxygen atoms in total. The van der Waals surface area contributed by atoms with Crippen LogP contribution in [-0.2, 0) is 0 Å². The molecule has 0 aromatic carbocycles. The SMILES string of the molecule is Cc1ncc(C)c2onnc12. The first-order valence-corrected chi connectivity index (χ1v) is 3.33. The monoisotopic (exact) mass is 149 g/mol. The van der Waals surface area contributed by atoms with Crippen molar-refractivity contribution in [3.05, 3.63) is 17.5 Å². The Bertz CT molecular complexity index is 357. The highest BCUT2D eigenvalue weighted by Gasteiger charge is 2.06. The Labute approximate surface area is 63.2 Å². The highest BCUT2D eigenvalue weighted by atomic mass is 16.5. The zero-order valence-electron chi connectivity index (χ0n) is 6.33. The Morgan fingerprint density at radius 3 is 2.91 bits per heavy atom. The summed E-state index contributed by atoms with van der Waals surface area (Å²) in [6.07, 6.45) is 1.75. The highest BCUT2D eigenvalue weighted by Crippen LogP contribution is 2.15. The Morgan fingerprint density at radius 2 is 2.18 bits per heavy atom. The van der Waals surface area contributed by atoms with E-state index in [0.717, 1.165) is 22.4 Å². The molecule has 2 rings (SSSR count). The molecule has 56 valence electrons. The third-order valence-electron chi connectivity index (χ3n) is 1.64. The molecule has 0 aliphatic heterocycles. The van der Waals surface area contributed by atoms with Crippen molar-refractivity contribution in [1.82, 2.24) is 15.4 Å². The standard InChI is InChI=1S/C7H7N3O/c1-4-3-8-5(2)6-7(4)11-10-9-6/h3H,1-2H3. The van der Waals surface area contributed by atoms with Gasteiger partial charge in [-0.05, 0) is 13.8 Å². The Balaban J connectivity index is 2.96. The van der Waals surface area contributed by atoms with E-state index >= 15 is 0 Å². The molecule has 0 saturated heterocycles. The lowest BCUT2D eigenvalue weighted by Gasteiger charge is -1.92. The zero-order valence-corrected chi connectivity index (χ0v) is 6.33. The minimum absolute atomic E-state index is 0.734. The molecule has 0 spiro atoms. The van der Waals surface area contributed by atoms with E-state index in [1.165, 1.54) is 0 Å². The summed E-state index contributed by atoms with van der Waals surface area (Å²) < 4.78 is 4.93. The molecule has 0 N–H and O–H groups in total. The molecule has 0 atom stereocenters. The van der Waals surface area contributed by atoms with Crippen LogP contribution in [0.1, 0.15) is 11.3 Å². The van der Waals surface area contributed by atoms with Gasteiger partial charge in [-0.3, -0.25) is 4.98 Å². The lowest BCUT2D eigenvalue weighted by Crippen LogP contribution is -1.84. The Hall–Kier alpha value is -1.45. The van der Waals surface area contributed by atoms with Crippen LogP contribution in [0.25, 0.3) is 11.1 Å². The normalized spacial score (nSPS) is 10.7. The zero-order chi connectivity index (χ0) is 7.84. The molecule has 0 aliphatic rings. The molecule has 0 unspecified atom stereocenters. The van der Waals surface area contributed by atoms with E-state index in [0.29, 0.717) is 0 Å². The van der Waals surface area contributed by atoms with Crippen LogP contribution in [0.2, 0.25) is 0 Å². The number of hydrogen-bond acceptors (Lipinski definition) is 4. The van der Waals surface area contributed by atoms with E-state index in [9.17, 15) is 0 Å². The van der Waals surface area contributed by atoms with Gasteiger partial charge in [-0.1, -0.05) is 0 Å². The number of aryl methyl sites for hydroxylation is 2. The van der Waals surface area contributed by atoms with E-state index in [2.05, 4.69) is 15.4 Å². The molecule has 0 fully saturated rings. The van der Waals surface area contributed by atoms with E-state index in [4.69, 9.17) is 4.52 Å². The van der Waals surface area contributed by atoms with Crippen LogP contribution >= 0.6 is 0 Å². The second-order valence-corrected chi connectivity index (χ2v) is 2.48. The Morgan fingerprint density at radius 1 is 1.36 bits per heavy atom. The second kappa shape index (κ2) is 2.02. The van der Waals surface area contributed by atoms with Crippen molar-refractivity contribution in [2.24, 2.45) is 0 Å². The molecular weight excluding hydrogens is 142 g/mol. The summed E-state index contributed by atoms with van der Waals surface area (Å²) in [7, 11) is 0. The fraction of sp³-hybridized carbons (Fsp3) is 0.286. The van der Waals surface area contributed by atoms with Gasteiger partial charge in [0.2, 0.25) is 0 Å². The minimum atomic E-state index is 0.734. The quantitative estimate of drug-likeness (QED) is 0.565. The Kier molecular flexibility index (Phi) is 1.15. The van der Waals surface area contributed by atoms with Gasteiger partial charge < -0.3 is 4.52 Å². The summed E-state index contributed by atoms with van der Waals surface area (Å²) in [5, 5.41) is 7.26. The van der Waals surface area contributed by atoms with Gasteiger partial charge in [-0.2, -0.15) is 0 Å². The third-order valence-corrected chi connectivity index (χ3v) is 1.64. The molecule has 2 aromatic rings. The number of rotatable bonds is 0. The van der Waals surface area contributed by atoms with Gasteiger partial charge in [0.05, 0.1) is 5.69 Å². The maximum Gasteiger partial charge on any atom is 0.193 e. The smallest absolute Gasteiger partial charge is 0.193 e. The fourth-order valence-electron chi connectivity index (χ4n) is 1.000. The molecule has 0 bridgehead atoms. The van der Waals surface area contributed by atoms with Crippen LogP contribution < -0.4 is 0 Å². The van der Waals surface area contributed by atoms with Gasteiger partial charge >= 0.3 is 0 Å². The van der Waals surface area contributed by atoms with Crippen LogP contribution in [-0.4, -0.2) is 15.4 Å². The average molecular weight is 149 g/mol. The average Bonchev–Trinajstić information content (AvgIpc) is 2.45.